The number of nitrogens with one attached hydrogen (secondary N) is 1. The molecule has 1 aliphatic heterocycles. The van der Waals surface area contributed by atoms with Crippen molar-refractivity contribution in [3.05, 3.63) is 0 Å². The van der Waals surface area contributed by atoms with Crippen LogP contribution in [-0.4, -0.2) is 54.7 Å². The minimum atomic E-state index is -4.19. The van der Waals surface area contributed by atoms with Gasteiger partial charge in [-0.3, -0.25) is 4.79 Å². The van der Waals surface area contributed by atoms with Crippen LogP contribution in [0.4, 0.5) is 13.2 Å². The van der Waals surface area contributed by atoms with Gasteiger partial charge in [-0.05, 0) is 0 Å². The van der Waals surface area contributed by atoms with Crippen molar-refractivity contribution >= 4 is 30.1 Å². The van der Waals surface area contributed by atoms with E-state index in [2.05, 4.69) is 5.32 Å². The fourth-order valence-corrected chi connectivity index (χ4v) is 1.95. The van der Waals surface area contributed by atoms with Gasteiger partial charge in [-0.15, -0.1) is 24.2 Å². The van der Waals surface area contributed by atoms with Gasteiger partial charge in [0, 0.05) is 26.2 Å². The molecule has 1 fully saturated rings. The summed E-state index contributed by atoms with van der Waals surface area (Å²) in [6, 6.07) is 0. The third kappa shape index (κ3) is 6.44. The lowest BCUT2D eigenvalue weighted by Gasteiger charge is -2.27. The first-order valence-corrected chi connectivity index (χ1v) is 5.77. The van der Waals surface area contributed by atoms with Gasteiger partial charge in [-0.2, -0.15) is 13.2 Å². The fourth-order valence-electron chi connectivity index (χ4n) is 1.26. The minimum Gasteiger partial charge on any atom is -0.339 e. The number of rotatable bonds is 3. The number of amides is 1. The Morgan fingerprint density at radius 2 is 1.88 bits per heavy atom. The maximum absolute atomic E-state index is 11.8. The van der Waals surface area contributed by atoms with Crippen LogP contribution >= 0.6 is 24.2 Å². The van der Waals surface area contributed by atoms with Crippen molar-refractivity contribution < 1.29 is 18.0 Å². The van der Waals surface area contributed by atoms with E-state index in [1.54, 1.807) is 4.90 Å². The minimum absolute atomic E-state index is 0. The molecule has 0 aromatic rings. The number of carbonyl (C=O) groups excluding carboxylic acids is 1. The first-order valence-electron chi connectivity index (χ1n) is 4.62. The zero-order valence-electron chi connectivity index (χ0n) is 8.55. The second-order valence-corrected chi connectivity index (χ2v) is 4.22. The molecular formula is C8H14ClF3N2OS. The van der Waals surface area contributed by atoms with Crippen molar-refractivity contribution in [3.8, 4) is 0 Å². The van der Waals surface area contributed by atoms with Crippen LogP contribution < -0.4 is 5.32 Å². The van der Waals surface area contributed by atoms with Gasteiger partial charge >= 0.3 is 6.18 Å². The average Bonchev–Trinajstić information content (AvgIpc) is 2.17. The molecule has 1 saturated heterocycles. The van der Waals surface area contributed by atoms with Gasteiger partial charge in [0.2, 0.25) is 5.91 Å². The van der Waals surface area contributed by atoms with Crippen LogP contribution in [0, 0.1) is 0 Å². The van der Waals surface area contributed by atoms with Gasteiger partial charge in [0.25, 0.3) is 0 Å². The van der Waals surface area contributed by atoms with Crippen molar-refractivity contribution in [2.75, 3.05) is 37.7 Å². The topological polar surface area (TPSA) is 32.3 Å². The standard InChI is InChI=1S/C8H13F3N2OS.ClH/c9-8(10,11)6-15-5-7(14)13-3-1-12-2-4-13;/h12H,1-6H2;1H. The predicted molar refractivity (Wildman–Crippen MR) is 60.1 cm³/mol. The summed E-state index contributed by atoms with van der Waals surface area (Å²) >= 11 is 0.625. The normalized spacial score (nSPS) is 16.8. The lowest BCUT2D eigenvalue weighted by molar-refractivity contribution is -0.128. The maximum atomic E-state index is 11.8. The zero-order chi connectivity index (χ0) is 11.3. The summed E-state index contributed by atoms with van der Waals surface area (Å²) in [5, 5.41) is 3.07. The molecule has 1 N–H and O–H groups in total. The van der Waals surface area contributed by atoms with Crippen LogP contribution in [0.5, 0.6) is 0 Å². The number of thioether (sulfide) groups is 1. The van der Waals surface area contributed by atoms with Crippen molar-refractivity contribution in [1.29, 1.82) is 0 Å². The molecule has 16 heavy (non-hydrogen) atoms. The Bertz CT molecular complexity index is 222. The van der Waals surface area contributed by atoms with Crippen LogP contribution in [0.25, 0.3) is 0 Å². The highest BCUT2D eigenvalue weighted by Gasteiger charge is 2.27. The number of carbonyl (C=O) groups is 1. The molecule has 0 radical (unpaired) electrons. The highest BCUT2D eigenvalue weighted by atomic mass is 35.5. The fraction of sp³-hybridized carbons (Fsp3) is 0.875. The Balaban J connectivity index is 0.00000225. The first kappa shape index (κ1) is 15.9. The molecule has 1 heterocycles. The van der Waals surface area contributed by atoms with E-state index < -0.39 is 11.9 Å². The van der Waals surface area contributed by atoms with Crippen molar-refractivity contribution in [3.63, 3.8) is 0 Å². The molecule has 1 rings (SSSR count). The van der Waals surface area contributed by atoms with E-state index in [1.165, 1.54) is 0 Å². The summed E-state index contributed by atoms with van der Waals surface area (Å²) in [5.74, 6) is -1.24. The molecule has 0 spiro atoms. The van der Waals surface area contributed by atoms with Gasteiger partial charge in [0.1, 0.15) is 0 Å². The van der Waals surface area contributed by atoms with Crippen molar-refractivity contribution in [2.24, 2.45) is 0 Å². The average molecular weight is 279 g/mol. The summed E-state index contributed by atoms with van der Waals surface area (Å²) < 4.78 is 35.4. The molecule has 0 unspecified atom stereocenters. The number of piperazine rings is 1. The lowest BCUT2D eigenvalue weighted by atomic mass is 10.3. The summed E-state index contributed by atoms with van der Waals surface area (Å²) in [6.07, 6.45) is -4.19. The van der Waals surface area contributed by atoms with Crippen LogP contribution in [0.1, 0.15) is 0 Å². The summed E-state index contributed by atoms with van der Waals surface area (Å²) in [7, 11) is 0. The number of hydrogen-bond acceptors (Lipinski definition) is 3. The second-order valence-electron chi connectivity index (χ2n) is 3.24. The summed E-state index contributed by atoms with van der Waals surface area (Å²) in [4.78, 5) is 13.0. The molecule has 0 bridgehead atoms. The molecule has 0 aromatic carbocycles. The van der Waals surface area contributed by atoms with E-state index in [0.29, 0.717) is 24.9 Å². The molecule has 1 amide bonds. The Hall–Kier alpha value is -0.140. The molecule has 96 valence electrons. The largest absolute Gasteiger partial charge is 0.397 e. The Morgan fingerprint density at radius 3 is 2.38 bits per heavy atom. The molecule has 0 saturated carbocycles. The quantitative estimate of drug-likeness (QED) is 0.840. The molecule has 3 nitrogen and oxygen atoms in total. The van der Waals surface area contributed by atoms with E-state index in [-0.39, 0.29) is 24.1 Å². The highest BCUT2D eigenvalue weighted by Crippen LogP contribution is 2.21. The SMILES string of the molecule is Cl.O=C(CSCC(F)(F)F)N1CCNCC1. The van der Waals surface area contributed by atoms with E-state index in [9.17, 15) is 18.0 Å². The molecule has 0 aromatic heterocycles. The predicted octanol–water partition coefficient (Wildman–Crippen LogP) is 1.14. The number of alkyl halides is 3. The van der Waals surface area contributed by atoms with Gasteiger partial charge < -0.3 is 10.2 Å². The molecule has 1 aliphatic rings. The molecule has 0 aliphatic carbocycles. The Kier molecular flexibility index (Phi) is 7.17. The Labute approximate surface area is 103 Å². The smallest absolute Gasteiger partial charge is 0.339 e. The van der Waals surface area contributed by atoms with Gasteiger partial charge in [-0.1, -0.05) is 0 Å². The molecule has 0 atom stereocenters. The molecular weight excluding hydrogens is 265 g/mol. The van der Waals surface area contributed by atoms with Crippen molar-refractivity contribution in [2.45, 2.75) is 6.18 Å². The first-order chi connectivity index (χ1) is 6.99. The summed E-state index contributed by atoms with van der Waals surface area (Å²) in [5.41, 5.74) is 0. The van der Waals surface area contributed by atoms with Crippen LogP contribution in [0.15, 0.2) is 0 Å². The molecule has 8 heteroatoms. The second kappa shape index (κ2) is 7.24. The van der Waals surface area contributed by atoms with Crippen molar-refractivity contribution in [1.82, 2.24) is 10.2 Å². The number of hydrogen-bond donors (Lipinski definition) is 1. The van der Waals surface area contributed by atoms with Crippen LogP contribution in [0.2, 0.25) is 0 Å². The van der Waals surface area contributed by atoms with Crippen LogP contribution in [0.3, 0.4) is 0 Å². The highest BCUT2D eigenvalue weighted by molar-refractivity contribution is 8.00. The summed E-state index contributed by atoms with van der Waals surface area (Å²) in [6.45, 7) is 2.61. The van der Waals surface area contributed by atoms with E-state index in [1.807, 2.05) is 0 Å². The Morgan fingerprint density at radius 1 is 1.31 bits per heavy atom. The van der Waals surface area contributed by atoms with E-state index in [0.717, 1.165) is 13.1 Å². The van der Waals surface area contributed by atoms with E-state index >= 15 is 0 Å². The zero-order valence-corrected chi connectivity index (χ0v) is 10.2. The third-order valence-corrected chi connectivity index (χ3v) is 2.94. The monoisotopic (exact) mass is 278 g/mol. The van der Waals surface area contributed by atoms with E-state index in [4.69, 9.17) is 0 Å². The van der Waals surface area contributed by atoms with Gasteiger partial charge in [0.05, 0.1) is 11.5 Å². The van der Waals surface area contributed by atoms with Crippen LogP contribution in [-0.2, 0) is 4.79 Å². The third-order valence-electron chi connectivity index (χ3n) is 1.96. The maximum Gasteiger partial charge on any atom is 0.397 e. The number of nitrogens with zero attached hydrogens (tertiary/aromatic N) is 1. The lowest BCUT2D eigenvalue weighted by Crippen LogP contribution is -2.47. The van der Waals surface area contributed by atoms with Gasteiger partial charge in [-0.25, -0.2) is 0 Å². The number of halogens is 4. The van der Waals surface area contributed by atoms with Gasteiger partial charge in [0.15, 0.2) is 0 Å².